The third-order valence-electron chi connectivity index (χ3n) is 4.70. The molecule has 0 bridgehead atoms. The zero-order valence-corrected chi connectivity index (χ0v) is 15.3. The minimum absolute atomic E-state index is 0.257. The van der Waals surface area contributed by atoms with Crippen molar-refractivity contribution in [2.45, 2.75) is 25.9 Å². The summed E-state index contributed by atoms with van der Waals surface area (Å²) in [7, 11) is 1.45. The normalized spacial score (nSPS) is 14.9. The van der Waals surface area contributed by atoms with E-state index in [-0.39, 0.29) is 18.5 Å². The van der Waals surface area contributed by atoms with Gasteiger partial charge in [0, 0.05) is 0 Å². The molecule has 1 aliphatic carbocycles. The third-order valence-corrected chi connectivity index (χ3v) is 4.70. The molecule has 148 valence electrons. The Bertz CT molecular complexity index is 921. The van der Waals surface area contributed by atoms with Crippen LogP contribution in [0.1, 0.15) is 24.0 Å². The first-order valence-electron chi connectivity index (χ1n) is 8.61. The SMILES string of the molecule is COc1ccc(C)cc1NC(=O)C1(C(=O)Nc2ccccc2C(F)(F)F)CC1. The smallest absolute Gasteiger partial charge is 0.418 e. The number of benzene rings is 2. The number of ether oxygens (including phenoxy) is 1. The zero-order chi connectivity index (χ0) is 20.5. The van der Waals surface area contributed by atoms with Crippen LogP contribution in [0.2, 0.25) is 0 Å². The van der Waals surface area contributed by atoms with Crippen molar-refractivity contribution in [3.63, 3.8) is 0 Å². The Morgan fingerprint density at radius 2 is 1.61 bits per heavy atom. The summed E-state index contributed by atoms with van der Waals surface area (Å²) in [5.74, 6) is -0.899. The molecule has 8 heteroatoms. The maximum Gasteiger partial charge on any atom is 0.418 e. The van der Waals surface area contributed by atoms with Crippen LogP contribution in [0.5, 0.6) is 5.75 Å². The van der Waals surface area contributed by atoms with E-state index in [0.717, 1.165) is 17.7 Å². The van der Waals surface area contributed by atoms with Crippen LogP contribution in [0.25, 0.3) is 0 Å². The quantitative estimate of drug-likeness (QED) is 0.742. The van der Waals surface area contributed by atoms with Gasteiger partial charge >= 0.3 is 6.18 Å². The molecular weight excluding hydrogens is 373 g/mol. The summed E-state index contributed by atoms with van der Waals surface area (Å²) in [6.07, 6.45) is -4.10. The van der Waals surface area contributed by atoms with E-state index in [2.05, 4.69) is 10.6 Å². The highest BCUT2D eigenvalue weighted by atomic mass is 19.4. The van der Waals surface area contributed by atoms with E-state index in [0.29, 0.717) is 11.4 Å². The average Bonchev–Trinajstić information content (AvgIpc) is 3.43. The first kappa shape index (κ1) is 19.7. The monoisotopic (exact) mass is 392 g/mol. The molecule has 0 atom stereocenters. The molecule has 5 nitrogen and oxygen atoms in total. The number of aryl methyl sites for hydroxylation is 1. The highest BCUT2D eigenvalue weighted by Gasteiger charge is 2.57. The molecule has 1 fully saturated rings. The van der Waals surface area contributed by atoms with Crippen molar-refractivity contribution < 1.29 is 27.5 Å². The van der Waals surface area contributed by atoms with Crippen molar-refractivity contribution in [1.82, 2.24) is 0 Å². The van der Waals surface area contributed by atoms with E-state index in [4.69, 9.17) is 4.74 Å². The second kappa shape index (κ2) is 7.18. The lowest BCUT2D eigenvalue weighted by Crippen LogP contribution is -2.36. The molecule has 2 aromatic rings. The summed E-state index contributed by atoms with van der Waals surface area (Å²) in [5.41, 5.74) is -1.44. The van der Waals surface area contributed by atoms with E-state index in [9.17, 15) is 22.8 Å². The van der Waals surface area contributed by atoms with Crippen molar-refractivity contribution >= 4 is 23.2 Å². The second-order valence-corrected chi connectivity index (χ2v) is 6.74. The van der Waals surface area contributed by atoms with E-state index >= 15 is 0 Å². The number of para-hydroxylation sites is 1. The third kappa shape index (κ3) is 3.81. The molecule has 2 amide bonds. The van der Waals surface area contributed by atoms with Crippen molar-refractivity contribution in [3.05, 3.63) is 53.6 Å². The second-order valence-electron chi connectivity index (χ2n) is 6.74. The number of hydrogen-bond acceptors (Lipinski definition) is 3. The van der Waals surface area contributed by atoms with E-state index < -0.39 is 29.0 Å². The van der Waals surface area contributed by atoms with E-state index in [1.54, 1.807) is 12.1 Å². The molecule has 2 N–H and O–H groups in total. The fourth-order valence-corrected chi connectivity index (χ4v) is 2.92. The summed E-state index contributed by atoms with van der Waals surface area (Å²) in [5, 5.41) is 4.95. The largest absolute Gasteiger partial charge is 0.495 e. The van der Waals surface area contributed by atoms with Gasteiger partial charge in [0.1, 0.15) is 11.2 Å². The van der Waals surface area contributed by atoms with Gasteiger partial charge < -0.3 is 15.4 Å². The predicted octanol–water partition coefficient (Wildman–Crippen LogP) is 4.38. The topological polar surface area (TPSA) is 67.4 Å². The summed E-state index contributed by atoms with van der Waals surface area (Å²) in [6.45, 7) is 1.84. The van der Waals surface area contributed by atoms with Crippen molar-refractivity contribution in [1.29, 1.82) is 0 Å². The Kier molecular flexibility index (Phi) is 5.06. The number of anilines is 2. The van der Waals surface area contributed by atoms with Gasteiger partial charge in [0.15, 0.2) is 0 Å². The lowest BCUT2D eigenvalue weighted by atomic mass is 10.0. The maximum atomic E-state index is 13.1. The van der Waals surface area contributed by atoms with Gasteiger partial charge in [-0.3, -0.25) is 9.59 Å². The van der Waals surface area contributed by atoms with Crippen LogP contribution in [-0.4, -0.2) is 18.9 Å². The van der Waals surface area contributed by atoms with Gasteiger partial charge in [-0.25, -0.2) is 0 Å². The standard InChI is InChI=1S/C20H19F3N2O3/c1-12-7-8-16(28-2)15(11-12)25-18(27)19(9-10-19)17(26)24-14-6-4-3-5-13(14)20(21,22)23/h3-8,11H,9-10H2,1-2H3,(H,24,26)(H,25,27). The highest BCUT2D eigenvalue weighted by Crippen LogP contribution is 2.48. The molecule has 0 aromatic heterocycles. The Balaban J connectivity index is 1.80. The van der Waals surface area contributed by atoms with E-state index in [1.165, 1.54) is 19.2 Å². The van der Waals surface area contributed by atoms with Crippen LogP contribution in [-0.2, 0) is 15.8 Å². The number of amides is 2. The molecule has 0 spiro atoms. The molecule has 0 unspecified atom stereocenters. The minimum Gasteiger partial charge on any atom is -0.495 e. The van der Waals surface area contributed by atoms with Gasteiger partial charge in [0.05, 0.1) is 24.0 Å². The van der Waals surface area contributed by atoms with Crippen molar-refractivity contribution in [2.75, 3.05) is 17.7 Å². The summed E-state index contributed by atoms with van der Waals surface area (Å²) >= 11 is 0. The fourth-order valence-electron chi connectivity index (χ4n) is 2.92. The zero-order valence-electron chi connectivity index (χ0n) is 15.3. The van der Waals surface area contributed by atoms with Gasteiger partial charge in [0.25, 0.3) is 0 Å². The fraction of sp³-hybridized carbons (Fsp3) is 0.300. The molecule has 2 aromatic carbocycles. The van der Waals surface area contributed by atoms with E-state index in [1.807, 2.05) is 13.0 Å². The van der Waals surface area contributed by atoms with Gasteiger partial charge in [-0.1, -0.05) is 18.2 Å². The summed E-state index contributed by atoms with van der Waals surface area (Å²) in [6, 6.07) is 9.87. The van der Waals surface area contributed by atoms with Crippen LogP contribution >= 0.6 is 0 Å². The average molecular weight is 392 g/mol. The predicted molar refractivity (Wildman–Crippen MR) is 98.1 cm³/mol. The minimum atomic E-state index is -4.61. The lowest BCUT2D eigenvalue weighted by molar-refractivity contribution is -0.137. The Labute approximate surface area is 159 Å². The number of nitrogens with one attached hydrogen (secondary N) is 2. The number of carbonyl (C=O) groups is 2. The molecule has 1 aliphatic rings. The Morgan fingerprint density at radius 3 is 2.18 bits per heavy atom. The molecule has 28 heavy (non-hydrogen) atoms. The number of rotatable bonds is 5. The first-order chi connectivity index (χ1) is 13.2. The van der Waals surface area contributed by atoms with Crippen LogP contribution in [0.4, 0.5) is 24.5 Å². The van der Waals surface area contributed by atoms with Crippen LogP contribution in [0, 0.1) is 12.3 Å². The molecule has 1 saturated carbocycles. The van der Waals surface area contributed by atoms with Gasteiger partial charge in [0.2, 0.25) is 11.8 Å². The van der Waals surface area contributed by atoms with Crippen LogP contribution < -0.4 is 15.4 Å². The molecule has 0 radical (unpaired) electrons. The molecule has 0 saturated heterocycles. The lowest BCUT2D eigenvalue weighted by Gasteiger charge is -2.19. The number of methoxy groups -OCH3 is 1. The Morgan fingerprint density at radius 1 is 1.00 bits per heavy atom. The molecule has 0 aliphatic heterocycles. The van der Waals surface area contributed by atoms with Crippen LogP contribution in [0.15, 0.2) is 42.5 Å². The number of halogens is 3. The maximum absolute atomic E-state index is 13.1. The Hall–Kier alpha value is -3.03. The number of carbonyl (C=O) groups excluding carboxylic acids is 2. The number of alkyl halides is 3. The summed E-state index contributed by atoms with van der Waals surface area (Å²) in [4.78, 5) is 25.4. The summed E-state index contributed by atoms with van der Waals surface area (Å²) < 4.78 is 44.6. The van der Waals surface area contributed by atoms with Gasteiger partial charge in [-0.15, -0.1) is 0 Å². The molecule has 3 rings (SSSR count). The molecular formula is C20H19F3N2O3. The highest BCUT2D eigenvalue weighted by molar-refractivity contribution is 6.17. The number of hydrogen-bond donors (Lipinski definition) is 2. The van der Waals surface area contributed by atoms with Crippen molar-refractivity contribution in [2.24, 2.45) is 5.41 Å². The molecule has 0 heterocycles. The van der Waals surface area contributed by atoms with Gasteiger partial charge in [-0.05, 0) is 49.6 Å². The van der Waals surface area contributed by atoms with Gasteiger partial charge in [-0.2, -0.15) is 13.2 Å². The van der Waals surface area contributed by atoms with Crippen molar-refractivity contribution in [3.8, 4) is 5.75 Å². The van der Waals surface area contributed by atoms with Crippen LogP contribution in [0.3, 0.4) is 0 Å². The first-order valence-corrected chi connectivity index (χ1v) is 8.61.